The molecule has 1 aliphatic carbocycles. The summed E-state index contributed by atoms with van der Waals surface area (Å²) >= 11 is 1.77. The predicted octanol–water partition coefficient (Wildman–Crippen LogP) is 5.98. The van der Waals surface area contributed by atoms with E-state index in [9.17, 15) is 0 Å². The van der Waals surface area contributed by atoms with E-state index in [1.807, 2.05) is 6.08 Å². The van der Waals surface area contributed by atoms with E-state index < -0.39 is 0 Å². The van der Waals surface area contributed by atoms with Gasteiger partial charge in [0.15, 0.2) is 0 Å². The highest BCUT2D eigenvalue weighted by Crippen LogP contribution is 2.43. The molecule has 30 heavy (non-hydrogen) atoms. The summed E-state index contributed by atoms with van der Waals surface area (Å²) < 4.78 is 4.80. The summed E-state index contributed by atoms with van der Waals surface area (Å²) in [4.78, 5) is 7.35. The van der Waals surface area contributed by atoms with Gasteiger partial charge < -0.3 is 13.8 Å². The van der Waals surface area contributed by atoms with Crippen LogP contribution in [0.1, 0.15) is 24.1 Å². The van der Waals surface area contributed by atoms with E-state index in [0.717, 1.165) is 36.8 Å². The van der Waals surface area contributed by atoms with Crippen LogP contribution in [-0.4, -0.2) is 37.2 Å². The number of fused-ring (bicyclic) bond motifs is 2. The molecular formula is C25H28N4S. The molecule has 5 rings (SSSR count). The van der Waals surface area contributed by atoms with Crippen LogP contribution in [0.4, 0.5) is 17.1 Å². The number of benzene rings is 2. The van der Waals surface area contributed by atoms with Crippen molar-refractivity contribution in [1.82, 2.24) is 4.57 Å². The molecular weight excluding hydrogens is 388 g/mol. The summed E-state index contributed by atoms with van der Waals surface area (Å²) in [5.74, 6) is 0.811. The van der Waals surface area contributed by atoms with Gasteiger partial charge in [-0.3, -0.25) is 4.99 Å². The van der Waals surface area contributed by atoms with E-state index in [4.69, 9.17) is 4.99 Å². The number of hydrogen-bond acceptors (Lipinski definition) is 4. The SMILES string of the molecule is C=Cc1cc(N=Cc2cc3ccccc3n2CC2CC2)c2c(c1)N(SC)CCN2C. The zero-order valence-electron chi connectivity index (χ0n) is 17.7. The fourth-order valence-corrected chi connectivity index (χ4v) is 4.92. The van der Waals surface area contributed by atoms with Crippen molar-refractivity contribution in [2.24, 2.45) is 10.9 Å². The summed E-state index contributed by atoms with van der Waals surface area (Å²) in [7, 11) is 2.16. The molecule has 0 spiro atoms. The molecule has 2 aromatic carbocycles. The van der Waals surface area contributed by atoms with Gasteiger partial charge in [0.2, 0.25) is 0 Å². The molecule has 1 saturated carbocycles. The van der Waals surface area contributed by atoms with Gasteiger partial charge in [0.05, 0.1) is 29.0 Å². The lowest BCUT2D eigenvalue weighted by molar-refractivity contribution is 0.644. The molecule has 4 nitrogen and oxygen atoms in total. The Balaban J connectivity index is 1.60. The second kappa shape index (κ2) is 7.88. The number of aliphatic imine (C=N–C) groups is 1. The molecule has 154 valence electrons. The van der Waals surface area contributed by atoms with Gasteiger partial charge in [-0.2, -0.15) is 0 Å². The number of rotatable bonds is 6. The Hall–Kier alpha value is -2.66. The maximum absolute atomic E-state index is 5.03. The second-order valence-corrected chi connectivity index (χ2v) is 9.06. The van der Waals surface area contributed by atoms with E-state index in [-0.39, 0.29) is 0 Å². The molecule has 0 atom stereocenters. The average Bonchev–Trinajstić information content (AvgIpc) is 3.53. The molecule has 5 heteroatoms. The van der Waals surface area contributed by atoms with Crippen LogP contribution in [-0.2, 0) is 6.54 Å². The zero-order chi connectivity index (χ0) is 20.7. The van der Waals surface area contributed by atoms with Crippen LogP contribution < -0.4 is 9.21 Å². The topological polar surface area (TPSA) is 23.8 Å². The summed E-state index contributed by atoms with van der Waals surface area (Å²) in [6.45, 7) is 7.08. The van der Waals surface area contributed by atoms with E-state index in [0.29, 0.717) is 0 Å². The lowest BCUT2D eigenvalue weighted by atomic mass is 10.1. The minimum absolute atomic E-state index is 0.811. The van der Waals surface area contributed by atoms with Crippen molar-refractivity contribution in [3.63, 3.8) is 0 Å². The van der Waals surface area contributed by atoms with E-state index in [2.05, 4.69) is 82.3 Å². The van der Waals surface area contributed by atoms with Gasteiger partial charge in [0, 0.05) is 43.8 Å². The van der Waals surface area contributed by atoms with Crippen molar-refractivity contribution in [1.29, 1.82) is 0 Å². The first kappa shape index (κ1) is 19.3. The van der Waals surface area contributed by atoms with Crippen molar-refractivity contribution < 1.29 is 0 Å². The highest BCUT2D eigenvalue weighted by molar-refractivity contribution is 8.00. The Morgan fingerprint density at radius 2 is 2.00 bits per heavy atom. The van der Waals surface area contributed by atoms with Crippen LogP contribution >= 0.6 is 11.9 Å². The van der Waals surface area contributed by atoms with Gasteiger partial charge in [-0.05, 0) is 48.6 Å². The first-order chi connectivity index (χ1) is 14.7. The van der Waals surface area contributed by atoms with E-state index in [1.54, 1.807) is 11.9 Å². The van der Waals surface area contributed by atoms with Crippen LogP contribution in [0.2, 0.25) is 0 Å². The quantitative estimate of drug-likeness (QED) is 0.365. The maximum Gasteiger partial charge on any atom is 0.0891 e. The minimum atomic E-state index is 0.811. The average molecular weight is 417 g/mol. The molecule has 0 bridgehead atoms. The fourth-order valence-electron chi connectivity index (χ4n) is 4.32. The molecule has 0 N–H and O–H groups in total. The molecule has 0 amide bonds. The van der Waals surface area contributed by atoms with Gasteiger partial charge in [0.1, 0.15) is 0 Å². The second-order valence-electron chi connectivity index (χ2n) is 8.26. The third-order valence-corrected chi connectivity index (χ3v) is 6.97. The Kier molecular flexibility index (Phi) is 5.07. The zero-order valence-corrected chi connectivity index (χ0v) is 18.5. The summed E-state index contributed by atoms with van der Waals surface area (Å²) in [6, 6.07) is 15.3. The van der Waals surface area contributed by atoms with Gasteiger partial charge in [-0.25, -0.2) is 0 Å². The number of aromatic nitrogens is 1. The maximum atomic E-state index is 5.03. The standard InChI is InChI=1S/C25H28N4S/c1-4-18-13-22(25-24(14-18)29(30-3)12-11-27(25)2)26-16-21-15-20-7-5-6-8-23(20)28(21)17-19-9-10-19/h4-8,13-16,19H,1,9-12,17H2,2-3H3. The fraction of sp³-hybridized carbons (Fsp3) is 0.320. The van der Waals surface area contributed by atoms with Gasteiger partial charge in [0.25, 0.3) is 0 Å². The van der Waals surface area contributed by atoms with Crippen molar-refractivity contribution >= 4 is 52.2 Å². The highest BCUT2D eigenvalue weighted by Gasteiger charge is 2.25. The predicted molar refractivity (Wildman–Crippen MR) is 133 cm³/mol. The lowest BCUT2D eigenvalue weighted by Gasteiger charge is -2.36. The third-order valence-electron chi connectivity index (χ3n) is 6.15. The van der Waals surface area contributed by atoms with Crippen LogP contribution in [0, 0.1) is 5.92 Å². The third kappa shape index (κ3) is 3.52. The molecule has 0 radical (unpaired) electrons. The molecule has 1 aromatic heterocycles. The molecule has 0 saturated heterocycles. The first-order valence-corrected chi connectivity index (χ1v) is 11.8. The van der Waals surface area contributed by atoms with Gasteiger partial charge in [-0.15, -0.1) is 0 Å². The van der Waals surface area contributed by atoms with Crippen molar-refractivity contribution in [3.05, 3.63) is 60.3 Å². The van der Waals surface area contributed by atoms with Crippen LogP contribution in [0.5, 0.6) is 0 Å². The highest BCUT2D eigenvalue weighted by atomic mass is 32.2. The smallest absolute Gasteiger partial charge is 0.0891 e. The Morgan fingerprint density at radius 3 is 2.77 bits per heavy atom. The number of hydrogen-bond donors (Lipinski definition) is 0. The summed E-state index contributed by atoms with van der Waals surface area (Å²) in [5.41, 5.74) is 7.02. The van der Waals surface area contributed by atoms with E-state index >= 15 is 0 Å². The number of likely N-dealkylation sites (N-methyl/N-ethyl adjacent to an activating group) is 1. The Morgan fingerprint density at radius 1 is 1.17 bits per heavy atom. The molecule has 1 fully saturated rings. The first-order valence-electron chi connectivity index (χ1n) is 10.6. The van der Waals surface area contributed by atoms with Gasteiger partial charge in [-0.1, -0.05) is 42.8 Å². The van der Waals surface area contributed by atoms with Crippen molar-refractivity contribution in [2.45, 2.75) is 19.4 Å². The van der Waals surface area contributed by atoms with Crippen LogP contribution in [0.25, 0.3) is 17.0 Å². The van der Waals surface area contributed by atoms with Crippen molar-refractivity contribution in [2.75, 3.05) is 35.6 Å². The van der Waals surface area contributed by atoms with Crippen LogP contribution in [0.3, 0.4) is 0 Å². The monoisotopic (exact) mass is 416 g/mol. The lowest BCUT2D eigenvalue weighted by Crippen LogP contribution is -2.35. The van der Waals surface area contributed by atoms with Gasteiger partial charge >= 0.3 is 0 Å². The van der Waals surface area contributed by atoms with Crippen LogP contribution in [0.15, 0.2) is 54.0 Å². The molecule has 2 heterocycles. The molecule has 0 unspecified atom stereocenters. The number of nitrogens with zero attached hydrogens (tertiary/aromatic N) is 4. The summed E-state index contributed by atoms with van der Waals surface area (Å²) in [6.07, 6.45) is 8.78. The number of para-hydroxylation sites is 1. The largest absolute Gasteiger partial charge is 0.369 e. The Bertz CT molecular complexity index is 1130. The molecule has 1 aliphatic heterocycles. The van der Waals surface area contributed by atoms with Crippen molar-refractivity contribution in [3.8, 4) is 0 Å². The summed E-state index contributed by atoms with van der Waals surface area (Å²) in [5, 5.41) is 1.28. The Labute approximate surface area is 183 Å². The molecule has 2 aliphatic rings. The molecule has 3 aromatic rings. The number of anilines is 2. The minimum Gasteiger partial charge on any atom is -0.369 e. The normalized spacial score (nSPS) is 16.5. The van der Waals surface area contributed by atoms with E-state index in [1.165, 1.54) is 40.8 Å².